The third-order valence-electron chi connectivity index (χ3n) is 5.17. The molecule has 0 radical (unpaired) electrons. The van der Waals surface area contributed by atoms with E-state index >= 15 is 0 Å². The van der Waals surface area contributed by atoms with Crippen LogP contribution in [0.2, 0.25) is 5.02 Å². The van der Waals surface area contributed by atoms with Gasteiger partial charge in [0.1, 0.15) is 11.5 Å². The number of benzene rings is 2. The van der Waals surface area contributed by atoms with Gasteiger partial charge < -0.3 is 14.8 Å². The number of hydrogen-bond donors (Lipinski definition) is 2. The molecule has 0 unspecified atom stereocenters. The monoisotopic (exact) mass is 466 g/mol. The molecule has 0 aliphatic heterocycles. The molecule has 1 saturated carbocycles. The average Bonchev–Trinajstić information content (AvgIpc) is 2.74. The number of sulfonamides is 1. The molecular formula is C22H27ClN2O5S. The molecule has 0 bridgehead atoms. The molecule has 2 N–H and O–H groups in total. The van der Waals surface area contributed by atoms with E-state index in [-0.39, 0.29) is 16.8 Å². The van der Waals surface area contributed by atoms with Crippen molar-refractivity contribution in [1.29, 1.82) is 0 Å². The van der Waals surface area contributed by atoms with Crippen LogP contribution >= 0.6 is 11.6 Å². The van der Waals surface area contributed by atoms with Crippen molar-refractivity contribution in [2.24, 2.45) is 0 Å². The molecule has 1 aliphatic carbocycles. The van der Waals surface area contributed by atoms with E-state index < -0.39 is 16.1 Å². The fraction of sp³-hybridized carbons (Fsp3) is 0.409. The summed E-state index contributed by atoms with van der Waals surface area (Å²) in [5.74, 6) is 0.701. The Labute approximate surface area is 188 Å². The molecule has 1 atom stereocenters. The van der Waals surface area contributed by atoms with E-state index in [4.69, 9.17) is 21.1 Å². The highest BCUT2D eigenvalue weighted by Gasteiger charge is 2.21. The van der Waals surface area contributed by atoms with Crippen molar-refractivity contribution in [1.82, 2.24) is 5.32 Å². The number of carbonyl (C=O) groups is 1. The van der Waals surface area contributed by atoms with Crippen LogP contribution in [-0.4, -0.2) is 33.6 Å². The van der Waals surface area contributed by atoms with Crippen molar-refractivity contribution in [2.75, 3.05) is 11.8 Å². The zero-order valence-corrected chi connectivity index (χ0v) is 19.1. The van der Waals surface area contributed by atoms with Crippen molar-refractivity contribution >= 4 is 33.2 Å². The molecule has 9 heteroatoms. The van der Waals surface area contributed by atoms with Gasteiger partial charge in [-0.25, -0.2) is 8.42 Å². The van der Waals surface area contributed by atoms with Crippen LogP contribution in [0.5, 0.6) is 11.5 Å². The first-order valence-electron chi connectivity index (χ1n) is 10.2. The Morgan fingerprint density at radius 1 is 1.10 bits per heavy atom. The lowest BCUT2D eigenvalue weighted by Crippen LogP contribution is -2.43. The van der Waals surface area contributed by atoms with Crippen LogP contribution in [-0.2, 0) is 14.8 Å². The first kappa shape index (κ1) is 23.2. The summed E-state index contributed by atoms with van der Waals surface area (Å²) in [7, 11) is -2.33. The molecular weight excluding hydrogens is 440 g/mol. The Balaban J connectivity index is 1.60. The molecule has 168 valence electrons. The van der Waals surface area contributed by atoms with Crippen LogP contribution in [0.1, 0.15) is 39.0 Å². The van der Waals surface area contributed by atoms with Gasteiger partial charge in [0.15, 0.2) is 6.10 Å². The standard InChI is InChI=1S/C22H27ClN2O5S/c1-15(22(26)24-16-6-4-3-5-7-16)30-18-9-11-19(12-10-18)31(27,28)25-17-8-13-21(29-2)20(23)14-17/h8-16,25H,3-7H2,1-2H3,(H,24,26)/t15-/m0/s1. The fourth-order valence-corrected chi connectivity index (χ4v) is 4.77. The van der Waals surface area contributed by atoms with E-state index in [1.807, 2.05) is 0 Å². The molecule has 2 aromatic carbocycles. The van der Waals surface area contributed by atoms with E-state index in [0.717, 1.165) is 25.7 Å². The first-order valence-corrected chi connectivity index (χ1v) is 12.1. The summed E-state index contributed by atoms with van der Waals surface area (Å²) in [5.41, 5.74) is 0.319. The minimum Gasteiger partial charge on any atom is -0.495 e. The average molecular weight is 467 g/mol. The maximum absolute atomic E-state index is 12.6. The molecule has 0 heterocycles. The van der Waals surface area contributed by atoms with Gasteiger partial charge in [-0.05, 0) is 62.2 Å². The molecule has 3 rings (SSSR count). The molecule has 31 heavy (non-hydrogen) atoms. The maximum atomic E-state index is 12.6. The highest BCUT2D eigenvalue weighted by Crippen LogP contribution is 2.28. The number of amides is 1. The highest BCUT2D eigenvalue weighted by atomic mass is 35.5. The Hall–Kier alpha value is -2.45. The Bertz CT molecular complexity index is 1010. The van der Waals surface area contributed by atoms with Gasteiger partial charge in [0.05, 0.1) is 22.7 Å². The lowest BCUT2D eigenvalue weighted by molar-refractivity contribution is -0.128. The van der Waals surface area contributed by atoms with Crippen LogP contribution in [0, 0.1) is 0 Å². The molecule has 1 amide bonds. The van der Waals surface area contributed by atoms with E-state index in [1.54, 1.807) is 19.1 Å². The normalized spacial score (nSPS) is 15.7. The van der Waals surface area contributed by atoms with Gasteiger partial charge in [-0.3, -0.25) is 9.52 Å². The van der Waals surface area contributed by atoms with Crippen molar-refractivity contribution in [3.63, 3.8) is 0 Å². The number of hydrogen-bond acceptors (Lipinski definition) is 5. The second kappa shape index (κ2) is 10.2. The number of anilines is 1. The highest BCUT2D eigenvalue weighted by molar-refractivity contribution is 7.92. The number of halogens is 1. The molecule has 1 aliphatic rings. The third-order valence-corrected chi connectivity index (χ3v) is 6.86. The fourth-order valence-electron chi connectivity index (χ4n) is 3.46. The third kappa shape index (κ3) is 6.27. The van der Waals surface area contributed by atoms with Crippen LogP contribution in [0.3, 0.4) is 0 Å². The lowest BCUT2D eigenvalue weighted by atomic mass is 9.95. The Morgan fingerprint density at radius 3 is 2.39 bits per heavy atom. The summed E-state index contributed by atoms with van der Waals surface area (Å²) in [6.45, 7) is 1.68. The van der Waals surface area contributed by atoms with E-state index in [9.17, 15) is 13.2 Å². The number of ether oxygens (including phenoxy) is 2. The van der Waals surface area contributed by atoms with E-state index in [1.165, 1.54) is 43.9 Å². The number of carbonyl (C=O) groups excluding carboxylic acids is 1. The van der Waals surface area contributed by atoms with Crippen molar-refractivity contribution in [2.45, 2.75) is 56.1 Å². The van der Waals surface area contributed by atoms with Crippen LogP contribution in [0.25, 0.3) is 0 Å². The molecule has 0 saturated heterocycles. The molecule has 7 nitrogen and oxygen atoms in total. The van der Waals surface area contributed by atoms with Gasteiger partial charge in [-0.2, -0.15) is 0 Å². The SMILES string of the molecule is COc1ccc(NS(=O)(=O)c2ccc(O[C@@H](C)C(=O)NC3CCCCC3)cc2)cc1Cl. The predicted molar refractivity (Wildman–Crippen MR) is 120 cm³/mol. The topological polar surface area (TPSA) is 93.7 Å². The van der Waals surface area contributed by atoms with Crippen molar-refractivity contribution in [3.8, 4) is 11.5 Å². The Kier molecular flexibility index (Phi) is 7.67. The van der Waals surface area contributed by atoms with Gasteiger partial charge >= 0.3 is 0 Å². The van der Waals surface area contributed by atoms with Gasteiger partial charge in [0.25, 0.3) is 15.9 Å². The van der Waals surface area contributed by atoms with Crippen LogP contribution in [0.4, 0.5) is 5.69 Å². The van der Waals surface area contributed by atoms with Crippen LogP contribution in [0.15, 0.2) is 47.4 Å². The molecule has 1 fully saturated rings. The maximum Gasteiger partial charge on any atom is 0.261 e. The second-order valence-electron chi connectivity index (χ2n) is 7.53. The van der Waals surface area contributed by atoms with Crippen molar-refractivity contribution < 1.29 is 22.7 Å². The summed E-state index contributed by atoms with van der Waals surface area (Å²) in [6, 6.07) is 10.7. The lowest BCUT2D eigenvalue weighted by Gasteiger charge is -2.24. The minimum atomic E-state index is -3.81. The summed E-state index contributed by atoms with van der Waals surface area (Å²) in [5, 5.41) is 3.32. The van der Waals surface area contributed by atoms with Crippen LogP contribution < -0.4 is 19.5 Å². The van der Waals surface area contributed by atoms with E-state index in [0.29, 0.717) is 22.2 Å². The van der Waals surface area contributed by atoms with Gasteiger partial charge in [0.2, 0.25) is 0 Å². The second-order valence-corrected chi connectivity index (χ2v) is 9.62. The molecule has 2 aromatic rings. The number of nitrogens with one attached hydrogen (secondary N) is 2. The number of rotatable bonds is 8. The quantitative estimate of drug-likeness (QED) is 0.602. The zero-order chi connectivity index (χ0) is 22.4. The summed E-state index contributed by atoms with van der Waals surface area (Å²) in [6.07, 6.45) is 4.80. The summed E-state index contributed by atoms with van der Waals surface area (Å²) in [4.78, 5) is 12.4. The van der Waals surface area contributed by atoms with E-state index in [2.05, 4.69) is 10.0 Å². The largest absolute Gasteiger partial charge is 0.495 e. The smallest absolute Gasteiger partial charge is 0.261 e. The molecule has 0 spiro atoms. The van der Waals surface area contributed by atoms with Gasteiger partial charge in [-0.15, -0.1) is 0 Å². The predicted octanol–water partition coefficient (Wildman–Crippen LogP) is 4.37. The van der Waals surface area contributed by atoms with Gasteiger partial charge in [0, 0.05) is 6.04 Å². The first-order chi connectivity index (χ1) is 14.8. The Morgan fingerprint density at radius 2 is 1.77 bits per heavy atom. The van der Waals surface area contributed by atoms with Crippen molar-refractivity contribution in [3.05, 3.63) is 47.5 Å². The zero-order valence-electron chi connectivity index (χ0n) is 17.6. The number of methoxy groups -OCH3 is 1. The minimum absolute atomic E-state index is 0.0612. The summed E-state index contributed by atoms with van der Waals surface area (Å²) >= 11 is 6.05. The molecule has 0 aromatic heterocycles. The van der Waals surface area contributed by atoms with Gasteiger partial charge in [-0.1, -0.05) is 30.9 Å². The summed E-state index contributed by atoms with van der Waals surface area (Å²) < 4.78 is 38.5.